The van der Waals surface area contributed by atoms with Crippen LogP contribution in [-0.2, 0) is 9.59 Å². The number of nitrogens with zero attached hydrogens (tertiary/aromatic N) is 2. The molecule has 29 heavy (non-hydrogen) atoms. The molecule has 0 fully saturated rings. The van der Waals surface area contributed by atoms with E-state index in [4.69, 9.17) is 5.26 Å². The fourth-order valence-electron chi connectivity index (χ4n) is 4.42. The van der Waals surface area contributed by atoms with E-state index in [1.54, 1.807) is 47.4 Å². The van der Waals surface area contributed by atoms with Crippen LogP contribution >= 0.6 is 0 Å². The Labute approximate surface area is 169 Å². The van der Waals surface area contributed by atoms with Crippen LogP contribution in [-0.4, -0.2) is 11.7 Å². The molecule has 2 aromatic rings. The molecule has 1 aliphatic heterocycles. The summed E-state index contributed by atoms with van der Waals surface area (Å²) < 4.78 is 14.6. The van der Waals surface area contributed by atoms with Crippen molar-refractivity contribution in [2.45, 2.75) is 39.0 Å². The Morgan fingerprint density at radius 1 is 1.07 bits per heavy atom. The minimum atomic E-state index is -0.572. The highest BCUT2D eigenvalue weighted by Gasteiger charge is 2.44. The molecule has 5 heteroatoms. The van der Waals surface area contributed by atoms with Gasteiger partial charge in [-0.1, -0.05) is 32.0 Å². The summed E-state index contributed by atoms with van der Waals surface area (Å²) in [7, 11) is 0. The summed E-state index contributed by atoms with van der Waals surface area (Å²) in [6.07, 6.45) is 0.947. The van der Waals surface area contributed by atoms with Crippen molar-refractivity contribution < 1.29 is 14.0 Å². The lowest BCUT2D eigenvalue weighted by Gasteiger charge is -2.43. The summed E-state index contributed by atoms with van der Waals surface area (Å²) in [5.74, 6) is -1.18. The third-order valence-electron chi connectivity index (χ3n) is 5.68. The van der Waals surface area contributed by atoms with Gasteiger partial charge >= 0.3 is 0 Å². The Hall–Kier alpha value is -3.26. The Balaban J connectivity index is 1.90. The van der Waals surface area contributed by atoms with Gasteiger partial charge < -0.3 is 0 Å². The van der Waals surface area contributed by atoms with E-state index in [-0.39, 0.29) is 23.5 Å². The first-order chi connectivity index (χ1) is 13.8. The van der Waals surface area contributed by atoms with Gasteiger partial charge in [0.25, 0.3) is 0 Å². The molecular formula is C24H21FN2O2. The predicted octanol–water partition coefficient (Wildman–Crippen LogP) is 4.86. The summed E-state index contributed by atoms with van der Waals surface area (Å²) in [6.45, 7) is 4.01. The quantitative estimate of drug-likeness (QED) is 0.738. The zero-order chi connectivity index (χ0) is 20.8. The second-order valence-corrected chi connectivity index (χ2v) is 8.47. The minimum absolute atomic E-state index is 0.0318. The van der Waals surface area contributed by atoms with Gasteiger partial charge in [-0.2, -0.15) is 5.26 Å². The largest absolute Gasteiger partial charge is 0.294 e. The molecule has 2 aliphatic rings. The van der Waals surface area contributed by atoms with Crippen LogP contribution in [0.25, 0.3) is 0 Å². The molecule has 4 rings (SSSR count). The zero-order valence-electron chi connectivity index (χ0n) is 16.4. The Kier molecular flexibility index (Phi) is 4.58. The SMILES string of the molecule is CC1(C)CC(=O)C2=C(C1)N(c1ccc(C#N)cc1)C(=O)CC2c1ccccc1F. The van der Waals surface area contributed by atoms with Crippen molar-refractivity contribution in [3.63, 3.8) is 0 Å². The molecule has 146 valence electrons. The van der Waals surface area contributed by atoms with E-state index >= 15 is 0 Å². The van der Waals surface area contributed by atoms with Crippen molar-refractivity contribution >= 4 is 17.4 Å². The summed E-state index contributed by atoms with van der Waals surface area (Å²) in [6, 6.07) is 15.2. The van der Waals surface area contributed by atoms with Crippen molar-refractivity contribution in [2.75, 3.05) is 4.90 Å². The van der Waals surface area contributed by atoms with Crippen molar-refractivity contribution in [3.8, 4) is 6.07 Å². The Morgan fingerprint density at radius 3 is 2.41 bits per heavy atom. The standard InChI is InChI=1S/C24H21FN2O2/c1-24(2)12-20-23(21(28)13-24)18(17-5-3-4-6-19(17)25)11-22(29)27(20)16-9-7-15(14-26)8-10-16/h3-10,18H,11-13H2,1-2H3. The summed E-state index contributed by atoms with van der Waals surface area (Å²) in [5, 5.41) is 9.05. The van der Waals surface area contributed by atoms with Crippen molar-refractivity contribution in [3.05, 3.63) is 76.7 Å². The van der Waals surface area contributed by atoms with Crippen LogP contribution in [0, 0.1) is 22.6 Å². The van der Waals surface area contributed by atoms with Gasteiger partial charge in [-0.15, -0.1) is 0 Å². The number of rotatable bonds is 2. The third kappa shape index (κ3) is 3.36. The molecule has 2 aromatic carbocycles. The van der Waals surface area contributed by atoms with E-state index in [2.05, 4.69) is 6.07 Å². The molecule has 0 saturated heterocycles. The third-order valence-corrected chi connectivity index (χ3v) is 5.68. The van der Waals surface area contributed by atoms with Crippen LogP contribution < -0.4 is 4.90 Å². The number of ketones is 1. The van der Waals surface area contributed by atoms with E-state index in [1.165, 1.54) is 6.07 Å². The second kappa shape index (κ2) is 6.97. The van der Waals surface area contributed by atoms with Gasteiger partial charge in [0, 0.05) is 35.7 Å². The maximum Gasteiger partial charge on any atom is 0.232 e. The van der Waals surface area contributed by atoms with Crippen molar-refractivity contribution in [1.82, 2.24) is 0 Å². The van der Waals surface area contributed by atoms with E-state index in [0.29, 0.717) is 40.9 Å². The molecule has 0 saturated carbocycles. The minimum Gasteiger partial charge on any atom is -0.294 e. The van der Waals surface area contributed by atoms with Crippen molar-refractivity contribution in [1.29, 1.82) is 5.26 Å². The van der Waals surface area contributed by atoms with E-state index in [0.717, 1.165) is 0 Å². The highest BCUT2D eigenvalue weighted by Crippen LogP contribution is 2.48. The van der Waals surface area contributed by atoms with Gasteiger partial charge in [0.15, 0.2) is 5.78 Å². The maximum absolute atomic E-state index is 14.6. The van der Waals surface area contributed by atoms with E-state index in [9.17, 15) is 14.0 Å². The highest BCUT2D eigenvalue weighted by molar-refractivity contribution is 6.07. The molecule has 0 N–H and O–H groups in total. The second-order valence-electron chi connectivity index (χ2n) is 8.47. The van der Waals surface area contributed by atoms with Gasteiger partial charge in [-0.05, 0) is 47.7 Å². The molecule has 1 unspecified atom stereocenters. The van der Waals surface area contributed by atoms with Gasteiger partial charge in [0.1, 0.15) is 5.82 Å². The van der Waals surface area contributed by atoms with Crippen LogP contribution in [0.4, 0.5) is 10.1 Å². The smallest absolute Gasteiger partial charge is 0.232 e. The number of Topliss-reactive ketones (excluding diaryl/α,β-unsaturated/α-hetero) is 1. The number of benzene rings is 2. The molecule has 0 aromatic heterocycles. The summed E-state index contributed by atoms with van der Waals surface area (Å²) >= 11 is 0. The molecule has 1 heterocycles. The first kappa shape index (κ1) is 19.1. The molecule has 0 bridgehead atoms. The lowest BCUT2D eigenvalue weighted by molar-refractivity contribution is -0.121. The van der Waals surface area contributed by atoms with Gasteiger partial charge in [-0.25, -0.2) is 4.39 Å². The lowest BCUT2D eigenvalue weighted by atomic mass is 9.69. The van der Waals surface area contributed by atoms with Gasteiger partial charge in [0.2, 0.25) is 5.91 Å². The zero-order valence-corrected chi connectivity index (χ0v) is 16.4. The molecule has 0 radical (unpaired) electrons. The number of allylic oxidation sites excluding steroid dienone is 2. The number of nitriles is 1. The Morgan fingerprint density at radius 2 is 1.76 bits per heavy atom. The maximum atomic E-state index is 14.6. The number of hydrogen-bond acceptors (Lipinski definition) is 3. The van der Waals surface area contributed by atoms with E-state index in [1.807, 2.05) is 13.8 Å². The first-order valence-electron chi connectivity index (χ1n) is 9.64. The fourth-order valence-corrected chi connectivity index (χ4v) is 4.42. The number of amides is 1. The fraction of sp³-hybridized carbons (Fsp3) is 0.292. The number of halogens is 1. The Bertz CT molecular complexity index is 1080. The average molecular weight is 388 g/mol. The number of carbonyl (C=O) groups excluding carboxylic acids is 2. The normalized spacial score (nSPS) is 21.0. The average Bonchev–Trinajstić information content (AvgIpc) is 2.67. The molecule has 1 atom stereocenters. The topological polar surface area (TPSA) is 61.2 Å². The number of carbonyl (C=O) groups is 2. The van der Waals surface area contributed by atoms with Crippen LogP contribution in [0.3, 0.4) is 0 Å². The first-order valence-corrected chi connectivity index (χ1v) is 9.64. The molecule has 1 aliphatic carbocycles. The molecule has 4 nitrogen and oxygen atoms in total. The molecular weight excluding hydrogens is 367 g/mol. The molecule has 1 amide bonds. The summed E-state index contributed by atoms with van der Waals surface area (Å²) in [5.41, 5.74) is 2.41. The van der Waals surface area contributed by atoms with Crippen molar-refractivity contribution in [2.24, 2.45) is 5.41 Å². The van der Waals surface area contributed by atoms with Crippen LogP contribution in [0.5, 0.6) is 0 Å². The van der Waals surface area contributed by atoms with Crippen LogP contribution in [0.2, 0.25) is 0 Å². The predicted molar refractivity (Wildman–Crippen MR) is 107 cm³/mol. The lowest BCUT2D eigenvalue weighted by Crippen LogP contribution is -2.43. The highest BCUT2D eigenvalue weighted by atomic mass is 19.1. The van der Waals surface area contributed by atoms with Gasteiger partial charge in [0.05, 0.1) is 11.6 Å². The van der Waals surface area contributed by atoms with Gasteiger partial charge in [-0.3, -0.25) is 14.5 Å². The van der Waals surface area contributed by atoms with Crippen LogP contribution in [0.15, 0.2) is 59.8 Å². The number of hydrogen-bond donors (Lipinski definition) is 0. The van der Waals surface area contributed by atoms with E-state index < -0.39 is 11.7 Å². The number of anilines is 1. The summed E-state index contributed by atoms with van der Waals surface area (Å²) in [4.78, 5) is 28.0. The molecule has 0 spiro atoms. The van der Waals surface area contributed by atoms with Crippen LogP contribution in [0.1, 0.15) is 50.2 Å². The monoisotopic (exact) mass is 388 g/mol.